The van der Waals surface area contributed by atoms with E-state index in [0.29, 0.717) is 11.3 Å². The number of carbonyl (C=O) groups excluding carboxylic acids is 2. The number of anilines is 1. The van der Waals surface area contributed by atoms with Gasteiger partial charge in [0.25, 0.3) is 0 Å². The standard InChI is InChI=1S/C21H28N4O6S2/c1-14(17-6-10-20(11-7-17)33(30,31)25(4)5)22-21(27)15(2)24-32(28,29)19-12-8-18(9-13-19)23-16(3)26/h6-15,24H,1-5H3,(H,22,27)(H,23,26)/t14?,15-/m0/s1. The molecule has 12 heteroatoms. The molecule has 0 bridgehead atoms. The van der Waals surface area contributed by atoms with Crippen molar-refractivity contribution in [3.05, 3.63) is 54.1 Å². The van der Waals surface area contributed by atoms with Crippen LogP contribution in [0.1, 0.15) is 32.4 Å². The zero-order valence-corrected chi connectivity index (χ0v) is 20.6. The third-order valence-electron chi connectivity index (χ3n) is 4.73. The summed E-state index contributed by atoms with van der Waals surface area (Å²) in [6.45, 7) is 4.46. The topological polar surface area (TPSA) is 142 Å². The van der Waals surface area contributed by atoms with Gasteiger partial charge in [0.1, 0.15) is 0 Å². The quantitative estimate of drug-likeness (QED) is 0.480. The molecule has 2 amide bonds. The molecule has 3 N–H and O–H groups in total. The maximum Gasteiger partial charge on any atom is 0.242 e. The van der Waals surface area contributed by atoms with E-state index in [1.807, 2.05) is 0 Å². The van der Waals surface area contributed by atoms with Crippen molar-refractivity contribution in [2.75, 3.05) is 19.4 Å². The van der Waals surface area contributed by atoms with E-state index in [1.165, 1.54) is 64.3 Å². The van der Waals surface area contributed by atoms with E-state index in [1.54, 1.807) is 19.1 Å². The summed E-state index contributed by atoms with van der Waals surface area (Å²) in [5.41, 5.74) is 1.11. The molecule has 10 nitrogen and oxygen atoms in total. The molecular weight excluding hydrogens is 468 g/mol. The molecule has 0 aliphatic rings. The van der Waals surface area contributed by atoms with Gasteiger partial charge < -0.3 is 10.6 Å². The van der Waals surface area contributed by atoms with Gasteiger partial charge in [0.05, 0.1) is 21.9 Å². The van der Waals surface area contributed by atoms with Gasteiger partial charge in [-0.3, -0.25) is 9.59 Å². The molecule has 0 aliphatic heterocycles. The first-order chi connectivity index (χ1) is 15.2. The van der Waals surface area contributed by atoms with Crippen LogP contribution in [0.25, 0.3) is 0 Å². The Morgan fingerprint density at radius 2 is 1.36 bits per heavy atom. The van der Waals surface area contributed by atoms with Crippen molar-refractivity contribution in [2.45, 2.75) is 42.6 Å². The Morgan fingerprint density at radius 3 is 1.85 bits per heavy atom. The first-order valence-electron chi connectivity index (χ1n) is 9.97. The van der Waals surface area contributed by atoms with Crippen LogP contribution in [0.3, 0.4) is 0 Å². The molecule has 0 aromatic heterocycles. The summed E-state index contributed by atoms with van der Waals surface area (Å²) in [5.74, 6) is -0.831. The number of sulfonamides is 2. The second kappa shape index (κ2) is 10.4. The Hall–Kier alpha value is -2.80. The Morgan fingerprint density at radius 1 is 0.848 bits per heavy atom. The van der Waals surface area contributed by atoms with Crippen LogP contribution in [0.2, 0.25) is 0 Å². The van der Waals surface area contributed by atoms with E-state index >= 15 is 0 Å². The Bertz CT molecular complexity index is 1210. The molecule has 1 unspecified atom stereocenters. The molecule has 0 saturated heterocycles. The number of benzene rings is 2. The second-order valence-electron chi connectivity index (χ2n) is 7.64. The fraction of sp³-hybridized carbons (Fsp3) is 0.333. The molecular formula is C21H28N4O6S2. The molecule has 0 aliphatic carbocycles. The molecule has 0 saturated carbocycles. The maximum absolute atomic E-state index is 12.6. The molecule has 0 spiro atoms. The molecule has 180 valence electrons. The van der Waals surface area contributed by atoms with Gasteiger partial charge in [-0.25, -0.2) is 21.1 Å². The van der Waals surface area contributed by atoms with Crippen LogP contribution < -0.4 is 15.4 Å². The Labute approximate surface area is 194 Å². The number of nitrogens with zero attached hydrogens (tertiary/aromatic N) is 1. The van der Waals surface area contributed by atoms with Crippen LogP contribution in [0, 0.1) is 0 Å². The Kier molecular flexibility index (Phi) is 8.36. The van der Waals surface area contributed by atoms with Gasteiger partial charge in [-0.1, -0.05) is 12.1 Å². The average Bonchev–Trinajstić information content (AvgIpc) is 2.73. The van der Waals surface area contributed by atoms with Gasteiger partial charge in [-0.2, -0.15) is 4.72 Å². The molecule has 2 aromatic carbocycles. The molecule has 33 heavy (non-hydrogen) atoms. The van der Waals surface area contributed by atoms with E-state index in [9.17, 15) is 26.4 Å². The number of rotatable bonds is 9. The summed E-state index contributed by atoms with van der Waals surface area (Å²) in [5, 5.41) is 5.25. The zero-order chi connectivity index (χ0) is 25.0. The minimum absolute atomic E-state index is 0.0537. The summed E-state index contributed by atoms with van der Waals surface area (Å²) in [6, 6.07) is 10.1. The second-order valence-corrected chi connectivity index (χ2v) is 11.5. The molecule has 0 radical (unpaired) electrons. The number of carbonyl (C=O) groups is 2. The van der Waals surface area contributed by atoms with Crippen LogP contribution in [0.4, 0.5) is 5.69 Å². The average molecular weight is 497 g/mol. The van der Waals surface area contributed by atoms with Crippen molar-refractivity contribution >= 4 is 37.5 Å². The largest absolute Gasteiger partial charge is 0.348 e. The van der Waals surface area contributed by atoms with Gasteiger partial charge in [-0.15, -0.1) is 0 Å². The van der Waals surface area contributed by atoms with Gasteiger partial charge in [-0.05, 0) is 55.8 Å². The van der Waals surface area contributed by atoms with Crippen LogP contribution in [-0.2, 0) is 29.6 Å². The van der Waals surface area contributed by atoms with Crippen LogP contribution in [-0.4, -0.2) is 53.1 Å². The highest BCUT2D eigenvalue weighted by Crippen LogP contribution is 2.19. The summed E-state index contributed by atoms with van der Waals surface area (Å²) >= 11 is 0. The number of hydrogen-bond donors (Lipinski definition) is 3. The predicted molar refractivity (Wildman–Crippen MR) is 124 cm³/mol. The highest BCUT2D eigenvalue weighted by Gasteiger charge is 2.24. The van der Waals surface area contributed by atoms with E-state index < -0.39 is 38.0 Å². The van der Waals surface area contributed by atoms with Crippen LogP contribution in [0.15, 0.2) is 58.3 Å². The van der Waals surface area contributed by atoms with Gasteiger partial charge in [0.2, 0.25) is 31.9 Å². The van der Waals surface area contributed by atoms with Crippen molar-refractivity contribution < 1.29 is 26.4 Å². The van der Waals surface area contributed by atoms with E-state index in [0.717, 1.165) is 4.31 Å². The lowest BCUT2D eigenvalue weighted by atomic mass is 10.1. The lowest BCUT2D eigenvalue weighted by Gasteiger charge is -2.19. The highest BCUT2D eigenvalue weighted by molar-refractivity contribution is 7.89. The molecule has 0 fully saturated rings. The van der Waals surface area contributed by atoms with Gasteiger partial charge in [0.15, 0.2) is 0 Å². The lowest BCUT2D eigenvalue weighted by molar-refractivity contribution is -0.123. The number of hydrogen-bond acceptors (Lipinski definition) is 6. The van der Waals surface area contributed by atoms with Crippen LogP contribution >= 0.6 is 0 Å². The first-order valence-corrected chi connectivity index (χ1v) is 12.9. The van der Waals surface area contributed by atoms with E-state index in [2.05, 4.69) is 15.4 Å². The fourth-order valence-corrected chi connectivity index (χ4v) is 4.94. The van der Waals surface area contributed by atoms with Gasteiger partial charge >= 0.3 is 0 Å². The Balaban J connectivity index is 2.04. The molecule has 2 rings (SSSR count). The number of amides is 2. The van der Waals surface area contributed by atoms with E-state index in [4.69, 9.17) is 0 Å². The summed E-state index contributed by atoms with van der Waals surface area (Å²) in [4.78, 5) is 23.7. The lowest BCUT2D eigenvalue weighted by Crippen LogP contribution is -2.45. The molecule has 2 aromatic rings. The van der Waals surface area contributed by atoms with Gasteiger partial charge in [0, 0.05) is 26.7 Å². The summed E-state index contributed by atoms with van der Waals surface area (Å²) in [7, 11) is -4.67. The van der Waals surface area contributed by atoms with Crippen molar-refractivity contribution in [2.24, 2.45) is 0 Å². The molecule has 2 atom stereocenters. The van der Waals surface area contributed by atoms with Crippen molar-refractivity contribution in [3.8, 4) is 0 Å². The zero-order valence-electron chi connectivity index (χ0n) is 19.0. The third-order valence-corrected chi connectivity index (χ3v) is 8.11. The normalized spacial score (nSPS) is 13.9. The number of nitrogens with one attached hydrogen (secondary N) is 3. The van der Waals surface area contributed by atoms with Crippen LogP contribution in [0.5, 0.6) is 0 Å². The third kappa shape index (κ3) is 6.84. The van der Waals surface area contributed by atoms with E-state index in [-0.39, 0.29) is 15.7 Å². The summed E-state index contributed by atoms with van der Waals surface area (Å²) in [6.07, 6.45) is 0. The smallest absolute Gasteiger partial charge is 0.242 e. The van der Waals surface area contributed by atoms with Crippen molar-refractivity contribution in [1.29, 1.82) is 0 Å². The van der Waals surface area contributed by atoms with Crippen molar-refractivity contribution in [1.82, 2.24) is 14.3 Å². The molecule has 0 heterocycles. The monoisotopic (exact) mass is 496 g/mol. The first kappa shape index (κ1) is 26.5. The minimum Gasteiger partial charge on any atom is -0.348 e. The minimum atomic E-state index is -3.98. The predicted octanol–water partition coefficient (Wildman–Crippen LogP) is 1.44. The maximum atomic E-state index is 12.6. The SMILES string of the molecule is CC(=O)Nc1ccc(S(=O)(=O)N[C@@H](C)C(=O)NC(C)c2ccc(S(=O)(=O)N(C)C)cc2)cc1. The summed E-state index contributed by atoms with van der Waals surface area (Å²) < 4.78 is 52.9. The highest BCUT2D eigenvalue weighted by atomic mass is 32.2. The van der Waals surface area contributed by atoms with Crippen molar-refractivity contribution in [3.63, 3.8) is 0 Å². The fourth-order valence-electron chi connectivity index (χ4n) is 2.84.